The molecule has 2 aromatic carbocycles. The van der Waals surface area contributed by atoms with Crippen LogP contribution in [0.15, 0.2) is 53.4 Å². The largest absolute Gasteiger partial charge is 0.494 e. The van der Waals surface area contributed by atoms with Gasteiger partial charge in [0.1, 0.15) is 5.75 Å². The lowest BCUT2D eigenvalue weighted by molar-refractivity contribution is -0.121. The van der Waals surface area contributed by atoms with Crippen LogP contribution in [0.1, 0.15) is 24.8 Å². The second kappa shape index (κ2) is 6.89. The van der Waals surface area contributed by atoms with E-state index < -0.39 is 15.9 Å². The zero-order valence-electron chi connectivity index (χ0n) is 14.1. The van der Waals surface area contributed by atoms with Gasteiger partial charge in [0.15, 0.2) is 0 Å². The van der Waals surface area contributed by atoms with Crippen molar-refractivity contribution in [1.82, 2.24) is 0 Å². The Hall–Kier alpha value is -2.71. The topological polar surface area (TPSA) is 107 Å². The van der Waals surface area contributed by atoms with Crippen molar-refractivity contribution in [2.24, 2.45) is 5.14 Å². The third-order valence-electron chi connectivity index (χ3n) is 4.16. The number of hydrogen-bond acceptors (Lipinski definition) is 5. The Balaban J connectivity index is 1.84. The molecule has 2 aromatic rings. The minimum Gasteiger partial charge on any atom is -0.494 e. The van der Waals surface area contributed by atoms with E-state index in [0.717, 1.165) is 10.5 Å². The maximum Gasteiger partial charge on any atom is 0.241 e. The highest BCUT2D eigenvalue weighted by Crippen LogP contribution is 2.34. The summed E-state index contributed by atoms with van der Waals surface area (Å²) in [6.45, 7) is 2.43. The average Bonchev–Trinajstić information content (AvgIpc) is 2.90. The van der Waals surface area contributed by atoms with E-state index >= 15 is 0 Å². The van der Waals surface area contributed by atoms with Gasteiger partial charge < -0.3 is 4.74 Å². The molecule has 1 fully saturated rings. The Labute approximate surface area is 151 Å². The van der Waals surface area contributed by atoms with E-state index in [2.05, 4.69) is 0 Å². The summed E-state index contributed by atoms with van der Waals surface area (Å²) < 4.78 is 28.0. The van der Waals surface area contributed by atoms with E-state index in [-0.39, 0.29) is 23.1 Å². The number of sulfonamides is 1. The zero-order valence-corrected chi connectivity index (χ0v) is 14.9. The molecular formula is C18H18N2O5S. The summed E-state index contributed by atoms with van der Waals surface area (Å²) in [5, 5.41) is 5.06. The number of primary sulfonamides is 1. The number of imide groups is 1. The molecule has 0 saturated carbocycles. The first-order valence-corrected chi connectivity index (χ1v) is 9.58. The van der Waals surface area contributed by atoms with Gasteiger partial charge in [0.2, 0.25) is 21.8 Å². The predicted molar refractivity (Wildman–Crippen MR) is 95.3 cm³/mol. The highest BCUT2D eigenvalue weighted by molar-refractivity contribution is 7.89. The van der Waals surface area contributed by atoms with Crippen molar-refractivity contribution in [3.63, 3.8) is 0 Å². The summed E-state index contributed by atoms with van der Waals surface area (Å²) in [5.41, 5.74) is 1.05. The van der Waals surface area contributed by atoms with Gasteiger partial charge in [0, 0.05) is 6.42 Å². The van der Waals surface area contributed by atoms with E-state index in [1.807, 2.05) is 6.92 Å². The summed E-state index contributed by atoms with van der Waals surface area (Å²) in [6.07, 6.45) is 0.0593. The number of hydrogen-bond donors (Lipinski definition) is 1. The molecule has 26 heavy (non-hydrogen) atoms. The Morgan fingerprint density at radius 1 is 1.08 bits per heavy atom. The molecule has 8 heteroatoms. The van der Waals surface area contributed by atoms with Crippen molar-refractivity contribution in [3.05, 3.63) is 54.1 Å². The molecule has 0 spiro atoms. The smallest absolute Gasteiger partial charge is 0.241 e. The third-order valence-corrected chi connectivity index (χ3v) is 5.09. The maximum absolute atomic E-state index is 12.7. The van der Waals surface area contributed by atoms with Gasteiger partial charge in [0.05, 0.1) is 23.1 Å². The first-order chi connectivity index (χ1) is 12.3. The summed E-state index contributed by atoms with van der Waals surface area (Å²) >= 11 is 0. The minimum atomic E-state index is -3.83. The lowest BCUT2D eigenvalue weighted by Gasteiger charge is -2.15. The Bertz CT molecular complexity index is 937. The molecule has 1 saturated heterocycles. The molecule has 1 aliphatic rings. The van der Waals surface area contributed by atoms with E-state index in [0.29, 0.717) is 18.0 Å². The zero-order chi connectivity index (χ0) is 18.9. The molecule has 3 rings (SSSR count). The Kier molecular flexibility index (Phi) is 4.80. The Morgan fingerprint density at radius 2 is 1.69 bits per heavy atom. The molecule has 2 N–H and O–H groups in total. The Morgan fingerprint density at radius 3 is 2.23 bits per heavy atom. The summed E-state index contributed by atoms with van der Waals surface area (Å²) in [5.74, 6) is -0.556. The van der Waals surface area contributed by atoms with Crippen molar-refractivity contribution >= 4 is 27.5 Å². The lowest BCUT2D eigenvalue weighted by atomic mass is 9.97. The number of rotatable bonds is 5. The number of amides is 2. The van der Waals surface area contributed by atoms with Gasteiger partial charge in [-0.1, -0.05) is 12.1 Å². The SMILES string of the molecule is CCOc1ccc(C2CC(=O)N(c3ccc(S(N)(=O)=O)cc3)C2=O)cc1. The fourth-order valence-electron chi connectivity index (χ4n) is 2.91. The number of anilines is 1. The van der Waals surface area contributed by atoms with Crippen molar-refractivity contribution in [1.29, 1.82) is 0 Å². The van der Waals surface area contributed by atoms with E-state index in [1.165, 1.54) is 24.3 Å². The van der Waals surface area contributed by atoms with Gasteiger partial charge in [0.25, 0.3) is 0 Å². The van der Waals surface area contributed by atoms with Crippen molar-refractivity contribution in [2.75, 3.05) is 11.5 Å². The number of nitrogens with zero attached hydrogens (tertiary/aromatic N) is 1. The van der Waals surface area contributed by atoms with E-state index in [1.54, 1.807) is 24.3 Å². The molecule has 0 radical (unpaired) electrons. The van der Waals surface area contributed by atoms with Crippen molar-refractivity contribution in [3.8, 4) is 5.75 Å². The van der Waals surface area contributed by atoms with Gasteiger partial charge in [-0.05, 0) is 48.9 Å². The minimum absolute atomic E-state index is 0.0593. The first-order valence-electron chi connectivity index (χ1n) is 8.03. The summed E-state index contributed by atoms with van der Waals surface area (Å²) in [6, 6.07) is 12.4. The van der Waals surface area contributed by atoms with Gasteiger partial charge in [-0.15, -0.1) is 0 Å². The van der Waals surface area contributed by atoms with Gasteiger partial charge in [-0.3, -0.25) is 14.5 Å². The second-order valence-corrected chi connectivity index (χ2v) is 7.43. The van der Waals surface area contributed by atoms with Gasteiger partial charge in [-0.25, -0.2) is 13.6 Å². The monoisotopic (exact) mass is 374 g/mol. The number of carbonyl (C=O) groups is 2. The number of ether oxygens (including phenoxy) is 1. The van der Waals surface area contributed by atoms with Crippen LogP contribution in [0.5, 0.6) is 5.75 Å². The molecule has 0 aromatic heterocycles. The fourth-order valence-corrected chi connectivity index (χ4v) is 3.43. The van der Waals surface area contributed by atoms with Crippen LogP contribution in [0.2, 0.25) is 0 Å². The standard InChI is InChI=1S/C18H18N2O5S/c1-2-25-14-7-3-12(4-8-14)16-11-17(21)20(18(16)22)13-5-9-15(10-6-13)26(19,23)24/h3-10,16H,2,11H2,1H3,(H2,19,23,24). The van der Waals surface area contributed by atoms with Crippen LogP contribution in [0.25, 0.3) is 0 Å². The number of carbonyl (C=O) groups excluding carboxylic acids is 2. The van der Waals surface area contributed by atoms with Crippen LogP contribution >= 0.6 is 0 Å². The van der Waals surface area contributed by atoms with Gasteiger partial charge in [-0.2, -0.15) is 0 Å². The van der Waals surface area contributed by atoms with Crippen LogP contribution < -0.4 is 14.8 Å². The quantitative estimate of drug-likeness (QED) is 0.803. The van der Waals surface area contributed by atoms with Crippen molar-refractivity contribution < 1.29 is 22.7 Å². The molecule has 1 heterocycles. The third kappa shape index (κ3) is 3.47. The fraction of sp³-hybridized carbons (Fsp3) is 0.222. The van der Waals surface area contributed by atoms with Crippen LogP contribution in [-0.2, 0) is 19.6 Å². The maximum atomic E-state index is 12.7. The summed E-state index contributed by atoms with van der Waals surface area (Å²) in [4.78, 5) is 26.1. The van der Waals surface area contributed by atoms with Gasteiger partial charge >= 0.3 is 0 Å². The molecule has 2 amide bonds. The number of nitrogens with two attached hydrogens (primary N) is 1. The lowest BCUT2D eigenvalue weighted by Crippen LogP contribution is -2.30. The second-order valence-electron chi connectivity index (χ2n) is 5.87. The molecule has 1 aliphatic heterocycles. The molecule has 0 bridgehead atoms. The van der Waals surface area contributed by atoms with Crippen molar-refractivity contribution in [2.45, 2.75) is 24.2 Å². The van der Waals surface area contributed by atoms with E-state index in [9.17, 15) is 18.0 Å². The molecule has 0 aliphatic carbocycles. The molecule has 136 valence electrons. The van der Waals surface area contributed by atoms with Crippen LogP contribution in [0.4, 0.5) is 5.69 Å². The summed E-state index contributed by atoms with van der Waals surface area (Å²) in [7, 11) is -3.83. The highest BCUT2D eigenvalue weighted by Gasteiger charge is 2.40. The van der Waals surface area contributed by atoms with E-state index in [4.69, 9.17) is 9.88 Å². The normalized spacial score (nSPS) is 17.6. The molecule has 1 atom stereocenters. The van der Waals surface area contributed by atoms with Crippen LogP contribution in [-0.4, -0.2) is 26.8 Å². The van der Waals surface area contributed by atoms with Crippen LogP contribution in [0, 0.1) is 0 Å². The predicted octanol–water partition coefficient (Wildman–Crippen LogP) is 1.78. The molecule has 1 unspecified atom stereocenters. The highest BCUT2D eigenvalue weighted by atomic mass is 32.2. The van der Waals surface area contributed by atoms with Crippen LogP contribution in [0.3, 0.4) is 0 Å². The molecule has 7 nitrogen and oxygen atoms in total. The molecular weight excluding hydrogens is 356 g/mol. The first kappa shape index (κ1) is 18.1. The number of benzene rings is 2. The average molecular weight is 374 g/mol.